The van der Waals surface area contributed by atoms with E-state index in [1.807, 2.05) is 36.7 Å². The number of benzene rings is 6. The van der Waals surface area contributed by atoms with E-state index in [0.717, 1.165) is 50.0 Å². The maximum Gasteiger partial charge on any atom is 0.160 e. The summed E-state index contributed by atoms with van der Waals surface area (Å²) in [5, 5.41) is 5.90. The molecule has 0 spiro atoms. The van der Waals surface area contributed by atoms with Crippen molar-refractivity contribution in [1.82, 2.24) is 23.9 Å². The standard InChI is InChI=1S/C41H25N5/c1-3-10-27(11-4-1)39-32-21-19-29(24-33(32)43-41(44-39)28-12-5-2-6-13-28)45-36-17-9-14-26-18-20-31-30-15-7-8-16-34(30)46(40(31)38(26)36)35-22-23-42-25-37(35)45/h1-25H. The van der Waals surface area contributed by atoms with Crippen LogP contribution in [0.5, 0.6) is 0 Å². The molecule has 0 atom stereocenters. The van der Waals surface area contributed by atoms with Crippen LogP contribution in [-0.2, 0) is 0 Å². The van der Waals surface area contributed by atoms with Gasteiger partial charge in [-0.3, -0.25) is 4.98 Å². The second-order valence-electron chi connectivity index (χ2n) is 11.7. The van der Waals surface area contributed by atoms with Crippen molar-refractivity contribution >= 4 is 60.0 Å². The topological polar surface area (TPSA) is 48.0 Å². The van der Waals surface area contributed by atoms with Crippen LogP contribution >= 0.6 is 0 Å². The molecule has 0 saturated carbocycles. The van der Waals surface area contributed by atoms with Gasteiger partial charge < -0.3 is 8.97 Å². The molecule has 0 amide bonds. The van der Waals surface area contributed by atoms with Crippen LogP contribution in [0.15, 0.2) is 152 Å². The molecule has 0 aliphatic heterocycles. The average Bonchev–Trinajstić information content (AvgIpc) is 3.40. The average molecular weight is 588 g/mol. The molecule has 0 fully saturated rings. The second-order valence-corrected chi connectivity index (χ2v) is 11.7. The maximum absolute atomic E-state index is 5.17. The van der Waals surface area contributed by atoms with Crippen molar-refractivity contribution in [3.63, 3.8) is 0 Å². The molecule has 6 aromatic carbocycles. The van der Waals surface area contributed by atoms with Crippen molar-refractivity contribution in [2.75, 3.05) is 0 Å². The van der Waals surface area contributed by atoms with E-state index in [1.54, 1.807) is 0 Å². The zero-order valence-electron chi connectivity index (χ0n) is 24.7. The summed E-state index contributed by atoms with van der Waals surface area (Å²) < 4.78 is 4.76. The molecule has 0 aliphatic carbocycles. The Hall–Kier alpha value is -6.33. The fourth-order valence-electron chi connectivity index (χ4n) is 7.18. The van der Waals surface area contributed by atoms with Gasteiger partial charge in [0, 0.05) is 44.6 Å². The van der Waals surface area contributed by atoms with E-state index in [-0.39, 0.29) is 0 Å². The Morgan fingerprint density at radius 3 is 2.13 bits per heavy atom. The predicted octanol–water partition coefficient (Wildman–Crippen LogP) is 10.0. The summed E-state index contributed by atoms with van der Waals surface area (Å²) in [7, 11) is 0. The zero-order valence-corrected chi connectivity index (χ0v) is 24.7. The fourth-order valence-corrected chi connectivity index (χ4v) is 7.18. The molecule has 0 radical (unpaired) electrons. The Morgan fingerprint density at radius 2 is 1.26 bits per heavy atom. The quantitative estimate of drug-likeness (QED) is 0.207. The highest BCUT2D eigenvalue weighted by Gasteiger charge is 2.19. The monoisotopic (exact) mass is 587 g/mol. The van der Waals surface area contributed by atoms with Crippen LogP contribution in [0.1, 0.15) is 0 Å². The van der Waals surface area contributed by atoms with E-state index in [1.165, 1.54) is 32.6 Å². The number of hydrogen-bond acceptors (Lipinski definition) is 3. The van der Waals surface area contributed by atoms with Crippen LogP contribution in [0.3, 0.4) is 0 Å². The number of aromatic nitrogens is 5. The Kier molecular flexibility index (Phi) is 5.22. The normalized spacial score (nSPS) is 11.9. The molecule has 4 aromatic heterocycles. The lowest BCUT2D eigenvalue weighted by Gasteiger charge is -2.15. The molecule has 0 aliphatic rings. The van der Waals surface area contributed by atoms with Crippen molar-refractivity contribution in [1.29, 1.82) is 0 Å². The summed E-state index contributed by atoms with van der Waals surface area (Å²) in [5.74, 6) is 0.705. The Morgan fingerprint density at radius 1 is 0.500 bits per heavy atom. The van der Waals surface area contributed by atoms with Crippen molar-refractivity contribution in [2.24, 2.45) is 0 Å². The molecule has 10 aromatic rings. The van der Waals surface area contributed by atoms with E-state index < -0.39 is 0 Å². The van der Waals surface area contributed by atoms with Gasteiger partial charge in [-0.2, -0.15) is 0 Å². The van der Waals surface area contributed by atoms with Gasteiger partial charge in [0.2, 0.25) is 0 Å². The van der Waals surface area contributed by atoms with E-state index in [0.29, 0.717) is 5.82 Å². The molecule has 5 heteroatoms. The van der Waals surface area contributed by atoms with Gasteiger partial charge in [-0.05, 0) is 41.8 Å². The minimum Gasteiger partial charge on any atom is -0.306 e. The molecular formula is C41H25N5. The van der Waals surface area contributed by atoms with Crippen molar-refractivity contribution in [3.05, 3.63) is 152 Å². The first-order valence-electron chi connectivity index (χ1n) is 15.5. The maximum atomic E-state index is 5.17. The highest BCUT2D eigenvalue weighted by molar-refractivity contribution is 6.23. The summed E-state index contributed by atoms with van der Waals surface area (Å²) in [6, 6.07) is 49.0. The fraction of sp³-hybridized carbons (Fsp3) is 0. The summed E-state index contributed by atoms with van der Waals surface area (Å²) >= 11 is 0. The Labute approximate surface area is 263 Å². The first-order chi connectivity index (χ1) is 22.8. The van der Waals surface area contributed by atoms with Gasteiger partial charge in [0.1, 0.15) is 0 Å². The van der Waals surface area contributed by atoms with Gasteiger partial charge in [-0.25, -0.2) is 9.97 Å². The highest BCUT2D eigenvalue weighted by Crippen LogP contribution is 2.40. The van der Waals surface area contributed by atoms with Crippen LogP contribution in [-0.4, -0.2) is 23.9 Å². The highest BCUT2D eigenvalue weighted by atomic mass is 15.0. The number of rotatable bonds is 3. The lowest BCUT2D eigenvalue weighted by atomic mass is 10.0. The number of pyridine rings is 1. The number of nitrogens with zero attached hydrogens (tertiary/aromatic N) is 5. The zero-order chi connectivity index (χ0) is 30.2. The Bertz CT molecular complexity index is 2780. The van der Waals surface area contributed by atoms with E-state index in [2.05, 4.69) is 129 Å². The van der Waals surface area contributed by atoms with Gasteiger partial charge >= 0.3 is 0 Å². The van der Waals surface area contributed by atoms with E-state index in [9.17, 15) is 0 Å². The van der Waals surface area contributed by atoms with Crippen LogP contribution < -0.4 is 0 Å². The molecule has 5 nitrogen and oxygen atoms in total. The van der Waals surface area contributed by atoms with Crippen LogP contribution in [0.2, 0.25) is 0 Å². The van der Waals surface area contributed by atoms with Gasteiger partial charge in [0.05, 0.1) is 45.0 Å². The molecule has 0 bridgehead atoms. The SMILES string of the molecule is c1ccc(-c2nc(-c3ccccc3)c3ccc(-n4c5cccc6ccc7c8ccccc8n(c8ccncc84)c7c65)cc3n2)cc1. The first-order valence-corrected chi connectivity index (χ1v) is 15.5. The smallest absolute Gasteiger partial charge is 0.160 e. The van der Waals surface area contributed by atoms with E-state index >= 15 is 0 Å². The van der Waals surface area contributed by atoms with Gasteiger partial charge in [0.15, 0.2) is 5.82 Å². The minimum atomic E-state index is 0.705. The molecule has 46 heavy (non-hydrogen) atoms. The number of para-hydroxylation sites is 1. The lowest BCUT2D eigenvalue weighted by Crippen LogP contribution is -2.00. The number of fused-ring (bicyclic) bond motifs is 6. The van der Waals surface area contributed by atoms with Crippen molar-refractivity contribution in [3.8, 4) is 28.3 Å². The lowest BCUT2D eigenvalue weighted by molar-refractivity contribution is 1.15. The molecular weight excluding hydrogens is 562 g/mol. The molecule has 0 N–H and O–H groups in total. The third kappa shape index (κ3) is 3.54. The molecule has 0 saturated heterocycles. The summed E-state index contributed by atoms with van der Waals surface area (Å²) in [6.07, 6.45) is 3.87. The third-order valence-electron chi connectivity index (χ3n) is 9.17. The summed E-state index contributed by atoms with van der Waals surface area (Å²) in [4.78, 5) is 14.9. The minimum absolute atomic E-state index is 0.705. The predicted molar refractivity (Wildman–Crippen MR) is 189 cm³/mol. The summed E-state index contributed by atoms with van der Waals surface area (Å²) in [6.45, 7) is 0. The van der Waals surface area contributed by atoms with Crippen molar-refractivity contribution < 1.29 is 0 Å². The largest absolute Gasteiger partial charge is 0.306 e. The van der Waals surface area contributed by atoms with Crippen LogP contribution in [0.25, 0.3) is 88.4 Å². The van der Waals surface area contributed by atoms with Gasteiger partial charge in [0.25, 0.3) is 0 Å². The van der Waals surface area contributed by atoms with Crippen LogP contribution in [0.4, 0.5) is 0 Å². The van der Waals surface area contributed by atoms with Crippen LogP contribution in [0, 0.1) is 0 Å². The molecule has 214 valence electrons. The summed E-state index contributed by atoms with van der Waals surface area (Å²) in [5.41, 5.74) is 10.5. The first kappa shape index (κ1) is 25.0. The van der Waals surface area contributed by atoms with E-state index in [4.69, 9.17) is 9.97 Å². The molecule has 10 rings (SSSR count). The van der Waals surface area contributed by atoms with Crippen molar-refractivity contribution in [2.45, 2.75) is 0 Å². The number of hydrogen-bond donors (Lipinski definition) is 0. The molecule has 0 unspecified atom stereocenters. The van der Waals surface area contributed by atoms with Gasteiger partial charge in [-0.15, -0.1) is 0 Å². The Balaban J connectivity index is 1.37. The third-order valence-corrected chi connectivity index (χ3v) is 9.17. The van der Waals surface area contributed by atoms with Gasteiger partial charge in [-0.1, -0.05) is 103 Å². The molecule has 4 heterocycles. The second kappa shape index (κ2) is 9.58.